The first-order valence-corrected chi connectivity index (χ1v) is 5.77. The molecule has 1 aliphatic rings. The first kappa shape index (κ1) is 11.3. The van der Waals surface area contributed by atoms with E-state index in [0.29, 0.717) is 12.5 Å². The number of allylic oxidation sites excluding steroid dienone is 2. The summed E-state index contributed by atoms with van der Waals surface area (Å²) in [6, 6.07) is 0.408. The molecular weight excluding hydrogens is 174 g/mol. The van der Waals surface area contributed by atoms with Crippen LogP contribution in [0.2, 0.25) is 0 Å². The summed E-state index contributed by atoms with van der Waals surface area (Å²) in [6.45, 7) is 2.19. The van der Waals surface area contributed by atoms with E-state index in [0.717, 1.165) is 25.7 Å². The highest BCUT2D eigenvalue weighted by Gasteiger charge is 2.11. The molecule has 1 atom stereocenters. The van der Waals surface area contributed by atoms with E-state index in [1.54, 1.807) is 0 Å². The molecule has 0 spiro atoms. The molecule has 1 aliphatic heterocycles. The lowest BCUT2D eigenvalue weighted by molar-refractivity contribution is -0.121. The second kappa shape index (κ2) is 6.63. The molecule has 0 aromatic rings. The van der Waals surface area contributed by atoms with Crippen LogP contribution in [-0.4, -0.2) is 11.9 Å². The van der Waals surface area contributed by atoms with E-state index in [-0.39, 0.29) is 5.91 Å². The molecule has 0 saturated carbocycles. The van der Waals surface area contributed by atoms with Crippen LogP contribution in [0.1, 0.15) is 51.9 Å². The number of rotatable bonds is 3. The maximum absolute atomic E-state index is 11.4. The smallest absolute Gasteiger partial charge is 0.220 e. The van der Waals surface area contributed by atoms with Crippen molar-refractivity contribution in [1.29, 1.82) is 0 Å². The lowest BCUT2D eigenvalue weighted by Gasteiger charge is -2.16. The van der Waals surface area contributed by atoms with Gasteiger partial charge in [0.05, 0.1) is 0 Å². The van der Waals surface area contributed by atoms with E-state index >= 15 is 0 Å². The maximum Gasteiger partial charge on any atom is 0.220 e. The largest absolute Gasteiger partial charge is 0.353 e. The highest BCUT2D eigenvalue weighted by molar-refractivity contribution is 5.76. The van der Waals surface area contributed by atoms with Crippen LogP contribution in [0.4, 0.5) is 0 Å². The fourth-order valence-electron chi connectivity index (χ4n) is 1.79. The molecule has 14 heavy (non-hydrogen) atoms. The molecule has 1 rings (SSSR count). The molecule has 0 saturated heterocycles. The third kappa shape index (κ3) is 4.45. The van der Waals surface area contributed by atoms with E-state index in [1.165, 1.54) is 12.8 Å². The van der Waals surface area contributed by atoms with Crippen LogP contribution < -0.4 is 5.32 Å². The first-order valence-electron chi connectivity index (χ1n) is 5.77. The molecule has 0 bridgehead atoms. The number of hydrogen-bond donors (Lipinski definition) is 1. The topological polar surface area (TPSA) is 29.1 Å². The molecule has 1 unspecified atom stereocenters. The molecule has 0 aromatic carbocycles. The van der Waals surface area contributed by atoms with Gasteiger partial charge in [0, 0.05) is 12.5 Å². The Balaban J connectivity index is 2.38. The molecule has 0 aliphatic carbocycles. The number of carbonyl (C=O) groups is 1. The Labute approximate surface area is 86.8 Å². The van der Waals surface area contributed by atoms with Gasteiger partial charge in [-0.3, -0.25) is 4.79 Å². The summed E-state index contributed by atoms with van der Waals surface area (Å²) in [4.78, 5) is 11.4. The van der Waals surface area contributed by atoms with Crippen molar-refractivity contribution in [3.05, 3.63) is 12.2 Å². The van der Waals surface area contributed by atoms with Crippen LogP contribution in [0.5, 0.6) is 0 Å². The highest BCUT2D eigenvalue weighted by atomic mass is 16.1. The summed E-state index contributed by atoms with van der Waals surface area (Å²) in [5, 5.41) is 3.11. The fraction of sp³-hybridized carbons (Fsp3) is 0.750. The second-order valence-electron chi connectivity index (χ2n) is 3.99. The average Bonchev–Trinajstić information content (AvgIpc) is 2.27. The molecular formula is C12H21NO. The van der Waals surface area contributed by atoms with Crippen molar-refractivity contribution in [3.8, 4) is 0 Å². The Morgan fingerprint density at radius 3 is 3.00 bits per heavy atom. The van der Waals surface area contributed by atoms with Crippen LogP contribution in [0.25, 0.3) is 0 Å². The van der Waals surface area contributed by atoms with Crippen LogP contribution >= 0.6 is 0 Å². The zero-order chi connectivity index (χ0) is 10.2. The lowest BCUT2D eigenvalue weighted by Crippen LogP contribution is -2.34. The summed E-state index contributed by atoms with van der Waals surface area (Å²) in [6.07, 6.45) is 11.6. The minimum absolute atomic E-state index is 0.220. The lowest BCUT2D eigenvalue weighted by atomic mass is 10.0. The predicted molar refractivity (Wildman–Crippen MR) is 59.1 cm³/mol. The molecule has 2 nitrogen and oxygen atoms in total. The van der Waals surface area contributed by atoms with E-state index in [2.05, 4.69) is 24.4 Å². The molecule has 1 heterocycles. The molecule has 2 heteroatoms. The van der Waals surface area contributed by atoms with Crippen molar-refractivity contribution in [2.24, 2.45) is 0 Å². The Morgan fingerprint density at radius 1 is 1.43 bits per heavy atom. The highest BCUT2D eigenvalue weighted by Crippen LogP contribution is 2.10. The summed E-state index contributed by atoms with van der Waals surface area (Å²) in [5.41, 5.74) is 0. The zero-order valence-corrected chi connectivity index (χ0v) is 9.09. The van der Waals surface area contributed by atoms with Gasteiger partial charge in [-0.1, -0.05) is 31.9 Å². The van der Waals surface area contributed by atoms with Gasteiger partial charge in [-0.05, 0) is 25.7 Å². The average molecular weight is 195 g/mol. The number of amides is 1. The van der Waals surface area contributed by atoms with Crippen LogP contribution in [0, 0.1) is 0 Å². The minimum atomic E-state index is 0.220. The van der Waals surface area contributed by atoms with Crippen molar-refractivity contribution in [1.82, 2.24) is 5.32 Å². The number of unbranched alkanes of at least 4 members (excludes halogenated alkanes) is 1. The first-order chi connectivity index (χ1) is 6.83. The van der Waals surface area contributed by atoms with Crippen LogP contribution in [0.3, 0.4) is 0 Å². The standard InChI is InChI=1S/C12H21NO/c1-2-3-8-11-9-6-4-5-7-10-12(14)13-11/h4-5,11H,2-3,6-10H2,1H3,(H,13,14). The van der Waals surface area contributed by atoms with Gasteiger partial charge >= 0.3 is 0 Å². The van der Waals surface area contributed by atoms with Gasteiger partial charge in [0.15, 0.2) is 0 Å². The van der Waals surface area contributed by atoms with Gasteiger partial charge < -0.3 is 5.32 Å². The van der Waals surface area contributed by atoms with Crippen molar-refractivity contribution in [2.75, 3.05) is 0 Å². The molecule has 0 aromatic heterocycles. The second-order valence-corrected chi connectivity index (χ2v) is 3.99. The van der Waals surface area contributed by atoms with E-state index in [9.17, 15) is 4.79 Å². The summed E-state index contributed by atoms with van der Waals surface area (Å²) >= 11 is 0. The SMILES string of the molecule is CCCCC1CCC=CCCC(=O)N1. The molecule has 1 amide bonds. The van der Waals surface area contributed by atoms with Gasteiger partial charge in [-0.2, -0.15) is 0 Å². The Bertz CT molecular complexity index is 198. The van der Waals surface area contributed by atoms with Gasteiger partial charge in [-0.15, -0.1) is 0 Å². The molecule has 80 valence electrons. The van der Waals surface area contributed by atoms with Gasteiger partial charge in [0.1, 0.15) is 0 Å². The van der Waals surface area contributed by atoms with Crippen molar-refractivity contribution >= 4 is 5.91 Å². The summed E-state index contributed by atoms with van der Waals surface area (Å²) in [7, 11) is 0. The zero-order valence-electron chi connectivity index (χ0n) is 9.09. The van der Waals surface area contributed by atoms with Crippen LogP contribution in [0.15, 0.2) is 12.2 Å². The molecule has 1 N–H and O–H groups in total. The third-order valence-electron chi connectivity index (χ3n) is 2.66. The fourth-order valence-corrected chi connectivity index (χ4v) is 1.79. The Kier molecular flexibility index (Phi) is 5.35. The predicted octanol–water partition coefficient (Wildman–Crippen LogP) is 2.79. The van der Waals surface area contributed by atoms with Crippen molar-refractivity contribution in [3.63, 3.8) is 0 Å². The molecule has 0 fully saturated rings. The summed E-state index contributed by atoms with van der Waals surface area (Å²) < 4.78 is 0. The van der Waals surface area contributed by atoms with Crippen molar-refractivity contribution < 1.29 is 4.79 Å². The monoisotopic (exact) mass is 195 g/mol. The molecule has 0 radical (unpaired) electrons. The Hall–Kier alpha value is -0.790. The van der Waals surface area contributed by atoms with Gasteiger partial charge in [0.2, 0.25) is 5.91 Å². The third-order valence-corrected chi connectivity index (χ3v) is 2.66. The summed E-state index contributed by atoms with van der Waals surface area (Å²) in [5.74, 6) is 0.220. The van der Waals surface area contributed by atoms with E-state index < -0.39 is 0 Å². The van der Waals surface area contributed by atoms with E-state index in [4.69, 9.17) is 0 Å². The maximum atomic E-state index is 11.4. The van der Waals surface area contributed by atoms with Gasteiger partial charge in [0.25, 0.3) is 0 Å². The number of carbonyl (C=O) groups excluding carboxylic acids is 1. The Morgan fingerprint density at radius 2 is 2.21 bits per heavy atom. The quantitative estimate of drug-likeness (QED) is 0.689. The van der Waals surface area contributed by atoms with Crippen molar-refractivity contribution in [2.45, 2.75) is 57.9 Å². The van der Waals surface area contributed by atoms with Crippen LogP contribution in [-0.2, 0) is 4.79 Å². The van der Waals surface area contributed by atoms with Gasteiger partial charge in [-0.25, -0.2) is 0 Å². The van der Waals surface area contributed by atoms with E-state index in [1.807, 2.05) is 0 Å². The minimum Gasteiger partial charge on any atom is -0.353 e. The number of hydrogen-bond acceptors (Lipinski definition) is 1. The normalized spacial score (nSPS) is 23.5. The number of nitrogens with one attached hydrogen (secondary N) is 1.